The van der Waals surface area contributed by atoms with Gasteiger partial charge in [-0.1, -0.05) is 29.3 Å². The number of amides is 1. The van der Waals surface area contributed by atoms with E-state index in [1.165, 1.54) is 6.20 Å². The summed E-state index contributed by atoms with van der Waals surface area (Å²) in [5.74, 6) is 4.69. The first kappa shape index (κ1) is 12.9. The molecule has 1 aromatic heterocycles. The molecule has 0 atom stereocenters. The van der Waals surface area contributed by atoms with Crippen LogP contribution < -0.4 is 11.3 Å². The van der Waals surface area contributed by atoms with Gasteiger partial charge in [-0.3, -0.25) is 10.2 Å². The largest absolute Gasteiger partial charge is 0.290 e. The highest BCUT2D eigenvalue weighted by molar-refractivity contribution is 6.43. The van der Waals surface area contributed by atoms with E-state index in [-0.39, 0.29) is 0 Å². The van der Waals surface area contributed by atoms with Crippen LogP contribution in [0.4, 0.5) is 0 Å². The highest BCUT2D eigenvalue weighted by Gasteiger charge is 2.16. The zero-order valence-corrected chi connectivity index (χ0v) is 11.0. The molecule has 0 aliphatic heterocycles. The SMILES string of the molecule is Cc1c(C(=O)NN)cnn1-c1cccc(Cl)c1Cl. The number of aromatic nitrogens is 2. The minimum Gasteiger partial charge on any atom is -0.290 e. The van der Waals surface area contributed by atoms with Crippen LogP contribution in [0.2, 0.25) is 10.0 Å². The molecule has 94 valence electrons. The van der Waals surface area contributed by atoms with Crippen molar-refractivity contribution in [1.82, 2.24) is 15.2 Å². The molecule has 1 amide bonds. The number of carbonyl (C=O) groups excluding carboxylic acids is 1. The maximum atomic E-state index is 11.5. The molecule has 2 aromatic rings. The average molecular weight is 285 g/mol. The van der Waals surface area contributed by atoms with Crippen LogP contribution in [0, 0.1) is 6.92 Å². The Hall–Kier alpha value is -1.56. The fourth-order valence-corrected chi connectivity index (χ4v) is 1.98. The van der Waals surface area contributed by atoms with Crippen molar-refractivity contribution in [1.29, 1.82) is 0 Å². The van der Waals surface area contributed by atoms with Gasteiger partial charge in [-0.05, 0) is 19.1 Å². The summed E-state index contributed by atoms with van der Waals surface area (Å²) in [5.41, 5.74) is 3.68. The van der Waals surface area contributed by atoms with Crippen LogP contribution in [0.3, 0.4) is 0 Å². The summed E-state index contributed by atoms with van der Waals surface area (Å²) in [6, 6.07) is 5.20. The molecule has 0 spiro atoms. The Morgan fingerprint density at radius 2 is 2.17 bits per heavy atom. The van der Waals surface area contributed by atoms with Gasteiger partial charge < -0.3 is 0 Å². The zero-order valence-electron chi connectivity index (χ0n) is 9.45. The smallest absolute Gasteiger partial charge is 0.268 e. The third-order valence-corrected chi connectivity index (χ3v) is 3.35. The van der Waals surface area contributed by atoms with Crippen LogP contribution in [-0.2, 0) is 0 Å². The zero-order chi connectivity index (χ0) is 13.3. The number of nitrogen functional groups attached to an aromatic ring is 1. The summed E-state index contributed by atoms with van der Waals surface area (Å²) in [5, 5.41) is 4.92. The molecule has 1 heterocycles. The standard InChI is InChI=1S/C11H10Cl2N4O/c1-6-7(11(18)16-14)5-15-17(6)9-4-2-3-8(12)10(9)13/h2-5H,14H2,1H3,(H,16,18). The number of halogens is 2. The van der Waals surface area contributed by atoms with Crippen molar-refractivity contribution in [2.45, 2.75) is 6.92 Å². The van der Waals surface area contributed by atoms with Crippen molar-refractivity contribution < 1.29 is 4.79 Å². The van der Waals surface area contributed by atoms with E-state index in [0.29, 0.717) is 27.0 Å². The van der Waals surface area contributed by atoms with Crippen molar-refractivity contribution in [3.05, 3.63) is 45.7 Å². The normalized spacial score (nSPS) is 10.4. The maximum absolute atomic E-state index is 11.5. The topological polar surface area (TPSA) is 72.9 Å². The minimum atomic E-state index is -0.406. The Labute approximate surface area is 113 Å². The first-order valence-electron chi connectivity index (χ1n) is 5.06. The van der Waals surface area contributed by atoms with Crippen molar-refractivity contribution in [2.75, 3.05) is 0 Å². The van der Waals surface area contributed by atoms with E-state index >= 15 is 0 Å². The highest BCUT2D eigenvalue weighted by atomic mass is 35.5. The number of nitrogens with zero attached hydrogens (tertiary/aromatic N) is 2. The molecular weight excluding hydrogens is 275 g/mol. The Morgan fingerprint density at radius 3 is 2.83 bits per heavy atom. The lowest BCUT2D eigenvalue weighted by Gasteiger charge is -2.08. The van der Waals surface area contributed by atoms with Crippen LogP contribution in [0.15, 0.2) is 24.4 Å². The van der Waals surface area contributed by atoms with E-state index in [9.17, 15) is 4.79 Å². The fourth-order valence-electron chi connectivity index (χ4n) is 1.61. The van der Waals surface area contributed by atoms with E-state index in [0.717, 1.165) is 0 Å². The van der Waals surface area contributed by atoms with Crippen molar-refractivity contribution in [2.24, 2.45) is 5.84 Å². The fraction of sp³-hybridized carbons (Fsp3) is 0.0909. The van der Waals surface area contributed by atoms with Crippen LogP contribution in [0.25, 0.3) is 5.69 Å². The predicted molar refractivity (Wildman–Crippen MR) is 70.0 cm³/mol. The maximum Gasteiger partial charge on any atom is 0.268 e. The van der Waals surface area contributed by atoms with Crippen LogP contribution in [0.1, 0.15) is 16.1 Å². The molecule has 2 rings (SSSR count). The Morgan fingerprint density at radius 1 is 1.44 bits per heavy atom. The molecule has 0 aliphatic carbocycles. The van der Waals surface area contributed by atoms with Crippen molar-refractivity contribution >= 4 is 29.1 Å². The van der Waals surface area contributed by atoms with Gasteiger partial charge in [-0.25, -0.2) is 10.5 Å². The summed E-state index contributed by atoms with van der Waals surface area (Å²) in [4.78, 5) is 11.5. The Balaban J connectivity index is 2.56. The quantitative estimate of drug-likeness (QED) is 0.504. The van der Waals surface area contributed by atoms with Gasteiger partial charge in [0.05, 0.1) is 33.2 Å². The molecule has 0 bridgehead atoms. The van der Waals surface area contributed by atoms with Gasteiger partial charge in [-0.15, -0.1) is 0 Å². The van der Waals surface area contributed by atoms with Crippen LogP contribution >= 0.6 is 23.2 Å². The summed E-state index contributed by atoms with van der Waals surface area (Å²) in [6.07, 6.45) is 1.43. The predicted octanol–water partition coefficient (Wildman–Crippen LogP) is 2.09. The molecule has 0 fully saturated rings. The van der Waals surface area contributed by atoms with Gasteiger partial charge in [0.2, 0.25) is 0 Å². The second-order valence-corrected chi connectivity index (χ2v) is 4.39. The first-order valence-corrected chi connectivity index (χ1v) is 5.81. The van der Waals surface area contributed by atoms with E-state index < -0.39 is 5.91 Å². The van der Waals surface area contributed by atoms with Gasteiger partial charge in [0.1, 0.15) is 0 Å². The lowest BCUT2D eigenvalue weighted by Crippen LogP contribution is -2.30. The molecule has 0 unspecified atom stereocenters. The number of nitrogens with two attached hydrogens (primary N) is 1. The lowest BCUT2D eigenvalue weighted by molar-refractivity contribution is 0.0953. The number of hydrazine groups is 1. The van der Waals surface area contributed by atoms with Crippen LogP contribution in [0.5, 0.6) is 0 Å². The van der Waals surface area contributed by atoms with Gasteiger partial charge in [0, 0.05) is 0 Å². The average Bonchev–Trinajstić information content (AvgIpc) is 2.74. The molecule has 0 aliphatic rings. The van der Waals surface area contributed by atoms with Crippen LogP contribution in [-0.4, -0.2) is 15.7 Å². The number of nitrogens with one attached hydrogen (secondary N) is 1. The number of hydrogen-bond donors (Lipinski definition) is 2. The molecule has 7 heteroatoms. The Bertz CT molecular complexity index is 609. The minimum absolute atomic E-state index is 0.380. The highest BCUT2D eigenvalue weighted by Crippen LogP contribution is 2.29. The van der Waals surface area contributed by atoms with E-state index in [2.05, 4.69) is 10.5 Å². The summed E-state index contributed by atoms with van der Waals surface area (Å²) < 4.78 is 1.54. The van der Waals surface area contributed by atoms with Gasteiger partial charge >= 0.3 is 0 Å². The summed E-state index contributed by atoms with van der Waals surface area (Å²) >= 11 is 12.0. The molecule has 0 saturated carbocycles. The summed E-state index contributed by atoms with van der Waals surface area (Å²) in [7, 11) is 0. The molecule has 0 radical (unpaired) electrons. The third kappa shape index (κ3) is 2.08. The van der Waals surface area contributed by atoms with Crippen molar-refractivity contribution in [3.8, 4) is 5.69 Å². The molecular formula is C11H10Cl2N4O. The van der Waals surface area contributed by atoms with E-state index in [1.54, 1.807) is 29.8 Å². The van der Waals surface area contributed by atoms with Gasteiger partial charge in [0.25, 0.3) is 5.91 Å². The first-order chi connectivity index (χ1) is 8.56. The molecule has 3 N–H and O–H groups in total. The second kappa shape index (κ2) is 4.97. The number of benzene rings is 1. The van der Waals surface area contributed by atoms with E-state index in [1.807, 2.05) is 0 Å². The molecule has 1 aromatic carbocycles. The third-order valence-electron chi connectivity index (χ3n) is 2.54. The number of hydrogen-bond acceptors (Lipinski definition) is 3. The monoisotopic (exact) mass is 284 g/mol. The molecule has 5 nitrogen and oxygen atoms in total. The Kier molecular flexibility index (Phi) is 3.56. The number of carbonyl (C=O) groups is 1. The van der Waals surface area contributed by atoms with Gasteiger partial charge in [-0.2, -0.15) is 5.10 Å². The van der Waals surface area contributed by atoms with E-state index in [4.69, 9.17) is 29.0 Å². The summed E-state index contributed by atoms with van der Waals surface area (Å²) in [6.45, 7) is 1.74. The van der Waals surface area contributed by atoms with Gasteiger partial charge in [0.15, 0.2) is 0 Å². The molecule has 0 saturated heterocycles. The molecule has 18 heavy (non-hydrogen) atoms. The second-order valence-electron chi connectivity index (χ2n) is 3.60. The lowest BCUT2D eigenvalue weighted by atomic mass is 10.2. The number of rotatable bonds is 2. The van der Waals surface area contributed by atoms with Crippen molar-refractivity contribution in [3.63, 3.8) is 0 Å².